The molecule has 0 aliphatic heterocycles. The van der Waals surface area contributed by atoms with E-state index < -0.39 is 0 Å². The molecular formula is C35H48. The van der Waals surface area contributed by atoms with Crippen molar-refractivity contribution in [1.29, 1.82) is 0 Å². The van der Waals surface area contributed by atoms with E-state index in [0.717, 1.165) is 0 Å². The van der Waals surface area contributed by atoms with Crippen LogP contribution in [0.3, 0.4) is 0 Å². The van der Waals surface area contributed by atoms with Crippen molar-refractivity contribution in [2.24, 2.45) is 5.41 Å². The first kappa shape index (κ1) is 26.0. The number of rotatable bonds is 12. The van der Waals surface area contributed by atoms with Crippen LogP contribution in [0.2, 0.25) is 0 Å². The summed E-state index contributed by atoms with van der Waals surface area (Å²) in [6.07, 6.45) is 18.1. The molecule has 0 saturated carbocycles. The highest BCUT2D eigenvalue weighted by molar-refractivity contribution is 5.73. The molecule has 0 nitrogen and oxygen atoms in total. The van der Waals surface area contributed by atoms with Gasteiger partial charge in [0.05, 0.1) is 0 Å². The topological polar surface area (TPSA) is 0 Å². The minimum absolute atomic E-state index is 0.124. The van der Waals surface area contributed by atoms with Gasteiger partial charge in [0, 0.05) is 11.8 Å². The molecule has 2 unspecified atom stereocenters. The quantitative estimate of drug-likeness (QED) is 0.272. The molecule has 0 bridgehead atoms. The van der Waals surface area contributed by atoms with Crippen LogP contribution in [-0.2, 0) is 12.8 Å². The first-order chi connectivity index (χ1) is 16.9. The van der Waals surface area contributed by atoms with E-state index in [1.54, 1.807) is 33.4 Å². The van der Waals surface area contributed by atoms with Gasteiger partial charge < -0.3 is 0 Å². The van der Waals surface area contributed by atoms with E-state index in [2.05, 4.69) is 90.1 Å². The Balaban J connectivity index is 1.62. The fourth-order valence-corrected chi connectivity index (χ4v) is 7.30. The fourth-order valence-electron chi connectivity index (χ4n) is 7.30. The molecule has 2 aromatic rings. The van der Waals surface area contributed by atoms with Crippen LogP contribution in [0.15, 0.2) is 47.5 Å². The second kappa shape index (κ2) is 11.3. The third kappa shape index (κ3) is 5.23. The Bertz CT molecular complexity index is 992. The normalized spacial score (nSPS) is 18.9. The molecular weight excluding hydrogens is 420 g/mol. The lowest BCUT2D eigenvalue weighted by Gasteiger charge is -2.41. The van der Waals surface area contributed by atoms with Crippen LogP contribution in [-0.4, -0.2) is 0 Å². The number of unbranched alkanes of at least 4 members (excludes halogenated alkanes) is 6. The van der Waals surface area contributed by atoms with Gasteiger partial charge in [0.2, 0.25) is 0 Å². The van der Waals surface area contributed by atoms with Crippen molar-refractivity contribution in [2.75, 3.05) is 0 Å². The first-order valence-corrected chi connectivity index (χ1v) is 14.5. The third-order valence-corrected chi connectivity index (χ3v) is 8.82. The van der Waals surface area contributed by atoms with Crippen molar-refractivity contribution in [3.05, 3.63) is 80.9 Å². The van der Waals surface area contributed by atoms with Gasteiger partial charge in [-0.15, -0.1) is 0 Å². The molecule has 0 aromatic heterocycles. The van der Waals surface area contributed by atoms with Crippen molar-refractivity contribution in [3.8, 4) is 0 Å². The Morgan fingerprint density at radius 2 is 1.03 bits per heavy atom. The largest absolute Gasteiger partial charge is 0.0654 e. The Kier molecular flexibility index (Phi) is 8.41. The van der Waals surface area contributed by atoms with E-state index in [0.29, 0.717) is 11.8 Å². The van der Waals surface area contributed by atoms with E-state index in [-0.39, 0.29) is 5.41 Å². The van der Waals surface area contributed by atoms with Crippen LogP contribution >= 0.6 is 0 Å². The van der Waals surface area contributed by atoms with Crippen LogP contribution in [0.4, 0.5) is 0 Å². The molecule has 0 amide bonds. The Hall–Kier alpha value is -2.08. The summed E-state index contributed by atoms with van der Waals surface area (Å²) in [7, 11) is 0. The minimum atomic E-state index is 0.124. The van der Waals surface area contributed by atoms with Crippen LogP contribution in [0, 0.1) is 5.41 Å². The SMILES string of the molecule is CCCCCCc1cccc2c1C=C(C)C2C(C)(C)C1C(C)=Cc2c(CCCCCC)cccc21. The summed E-state index contributed by atoms with van der Waals surface area (Å²) in [5.74, 6) is 0.946. The number of hydrogen-bond acceptors (Lipinski definition) is 0. The van der Waals surface area contributed by atoms with E-state index in [1.807, 2.05) is 0 Å². The molecule has 2 atom stereocenters. The van der Waals surface area contributed by atoms with Crippen LogP contribution in [0.1, 0.15) is 138 Å². The lowest BCUT2D eigenvalue weighted by Crippen LogP contribution is -2.29. The standard InChI is InChI=1S/C35H48/c1-7-9-11-13-17-27-19-15-21-29-31(27)23-25(3)33(29)35(5,6)34-26(4)24-32-28(18-14-12-10-8-2)20-16-22-30(32)34/h15-16,19-24,33-34H,7-14,17-18H2,1-6H3. The molecule has 0 fully saturated rings. The smallest absolute Gasteiger partial charge is 0.0115 e. The highest BCUT2D eigenvalue weighted by Crippen LogP contribution is 2.58. The molecule has 0 radical (unpaired) electrons. The van der Waals surface area contributed by atoms with E-state index in [4.69, 9.17) is 0 Å². The highest BCUT2D eigenvalue weighted by atomic mass is 14.5. The molecule has 188 valence electrons. The zero-order chi connectivity index (χ0) is 25.0. The number of hydrogen-bond donors (Lipinski definition) is 0. The maximum Gasteiger partial charge on any atom is 0.0115 e. The van der Waals surface area contributed by atoms with Gasteiger partial charge >= 0.3 is 0 Å². The maximum absolute atomic E-state index is 2.53. The average molecular weight is 469 g/mol. The molecule has 2 aromatic carbocycles. The lowest BCUT2D eigenvalue weighted by atomic mass is 9.62. The predicted molar refractivity (Wildman–Crippen MR) is 155 cm³/mol. The summed E-state index contributed by atoms with van der Waals surface area (Å²) in [6, 6.07) is 14.2. The Morgan fingerprint density at radius 3 is 1.43 bits per heavy atom. The Morgan fingerprint density at radius 1 is 0.600 bits per heavy atom. The van der Waals surface area contributed by atoms with Crippen LogP contribution in [0.5, 0.6) is 0 Å². The molecule has 2 aliphatic carbocycles. The number of allylic oxidation sites excluding steroid dienone is 2. The van der Waals surface area contributed by atoms with Gasteiger partial charge in [0.25, 0.3) is 0 Å². The summed E-state index contributed by atoms with van der Waals surface area (Å²) in [6.45, 7) is 14.4. The second-order valence-corrected chi connectivity index (χ2v) is 11.9. The zero-order valence-corrected chi connectivity index (χ0v) is 23.3. The van der Waals surface area contributed by atoms with E-state index in [9.17, 15) is 0 Å². The average Bonchev–Trinajstić information content (AvgIpc) is 3.36. The molecule has 2 aliphatic rings. The van der Waals surface area contributed by atoms with Gasteiger partial charge in [-0.2, -0.15) is 0 Å². The van der Waals surface area contributed by atoms with Crippen LogP contribution in [0.25, 0.3) is 12.2 Å². The van der Waals surface area contributed by atoms with Gasteiger partial charge in [-0.3, -0.25) is 0 Å². The second-order valence-electron chi connectivity index (χ2n) is 11.9. The fraction of sp³-hybridized carbons (Fsp3) is 0.543. The summed E-state index contributed by atoms with van der Waals surface area (Å²) in [5.41, 5.74) is 12.5. The van der Waals surface area contributed by atoms with Gasteiger partial charge in [-0.25, -0.2) is 0 Å². The van der Waals surface area contributed by atoms with Crippen LogP contribution < -0.4 is 0 Å². The molecule has 0 saturated heterocycles. The summed E-state index contributed by atoms with van der Waals surface area (Å²) >= 11 is 0. The maximum atomic E-state index is 2.53. The highest BCUT2D eigenvalue weighted by Gasteiger charge is 2.45. The molecule has 0 N–H and O–H groups in total. The van der Waals surface area contributed by atoms with Crippen molar-refractivity contribution in [2.45, 2.75) is 118 Å². The van der Waals surface area contributed by atoms with Gasteiger partial charge in [-0.1, -0.05) is 126 Å². The monoisotopic (exact) mass is 468 g/mol. The number of fused-ring (bicyclic) bond motifs is 2. The molecule has 4 rings (SSSR count). The molecule has 0 heteroatoms. The summed E-state index contributed by atoms with van der Waals surface area (Å²) < 4.78 is 0. The van der Waals surface area contributed by atoms with Gasteiger partial charge in [-0.05, 0) is 78.3 Å². The molecule has 0 spiro atoms. The molecule has 0 heterocycles. The van der Waals surface area contributed by atoms with Crippen molar-refractivity contribution < 1.29 is 0 Å². The van der Waals surface area contributed by atoms with Crippen molar-refractivity contribution in [1.82, 2.24) is 0 Å². The summed E-state index contributed by atoms with van der Waals surface area (Å²) in [4.78, 5) is 0. The predicted octanol–water partition coefficient (Wildman–Crippen LogP) is 10.7. The number of benzene rings is 2. The van der Waals surface area contributed by atoms with E-state index >= 15 is 0 Å². The summed E-state index contributed by atoms with van der Waals surface area (Å²) in [5, 5.41) is 0. The van der Waals surface area contributed by atoms with Crippen molar-refractivity contribution in [3.63, 3.8) is 0 Å². The Labute approximate surface area is 215 Å². The zero-order valence-electron chi connectivity index (χ0n) is 23.3. The number of aryl methyl sites for hydroxylation is 2. The van der Waals surface area contributed by atoms with E-state index in [1.165, 1.54) is 75.3 Å². The minimum Gasteiger partial charge on any atom is -0.0654 e. The van der Waals surface area contributed by atoms with Gasteiger partial charge in [0.1, 0.15) is 0 Å². The third-order valence-electron chi connectivity index (χ3n) is 8.82. The molecule has 35 heavy (non-hydrogen) atoms. The van der Waals surface area contributed by atoms with Crippen molar-refractivity contribution >= 4 is 12.2 Å². The first-order valence-electron chi connectivity index (χ1n) is 14.5. The van der Waals surface area contributed by atoms with Gasteiger partial charge in [0.15, 0.2) is 0 Å². The lowest BCUT2D eigenvalue weighted by molar-refractivity contribution is 0.275.